The van der Waals surface area contributed by atoms with Crippen molar-refractivity contribution in [2.45, 2.75) is 32.4 Å². The lowest BCUT2D eigenvalue weighted by atomic mass is 10.2. The van der Waals surface area contributed by atoms with Crippen LogP contribution in [0.2, 0.25) is 0 Å². The molecular formula is C13H19IN2. The van der Waals surface area contributed by atoms with Gasteiger partial charge in [0, 0.05) is 34.4 Å². The molecule has 1 saturated heterocycles. The molecule has 1 aliphatic rings. The number of hydrogen-bond donors (Lipinski definition) is 1. The van der Waals surface area contributed by atoms with Crippen LogP contribution in [0.25, 0.3) is 0 Å². The second kappa shape index (κ2) is 5.36. The molecule has 88 valence electrons. The van der Waals surface area contributed by atoms with Crippen molar-refractivity contribution >= 4 is 28.3 Å². The molecule has 1 fully saturated rings. The molecule has 2 nitrogen and oxygen atoms in total. The Hall–Kier alpha value is -0.290. The number of nitrogens with zero attached hydrogens (tertiary/aromatic N) is 1. The predicted molar refractivity (Wildman–Crippen MR) is 77.9 cm³/mol. The van der Waals surface area contributed by atoms with Gasteiger partial charge in [0.2, 0.25) is 0 Å². The molecule has 2 rings (SSSR count). The third-order valence-corrected chi connectivity index (χ3v) is 3.82. The Morgan fingerprint density at radius 2 is 2.25 bits per heavy atom. The lowest BCUT2D eigenvalue weighted by molar-refractivity contribution is 0.274. The summed E-state index contributed by atoms with van der Waals surface area (Å²) < 4.78 is 1.29. The van der Waals surface area contributed by atoms with Crippen LogP contribution in [0.1, 0.15) is 20.3 Å². The van der Waals surface area contributed by atoms with E-state index in [1.807, 2.05) is 0 Å². The average Bonchev–Trinajstić information content (AvgIpc) is 2.66. The Balaban J connectivity index is 1.92. The zero-order valence-electron chi connectivity index (χ0n) is 9.91. The molecule has 0 spiro atoms. The van der Waals surface area contributed by atoms with E-state index in [0.29, 0.717) is 12.1 Å². The number of anilines is 1. The first kappa shape index (κ1) is 12.2. The topological polar surface area (TPSA) is 15.3 Å². The first-order valence-electron chi connectivity index (χ1n) is 5.91. The Bertz CT molecular complexity index is 352. The van der Waals surface area contributed by atoms with Crippen molar-refractivity contribution in [3.63, 3.8) is 0 Å². The van der Waals surface area contributed by atoms with Crippen LogP contribution in [0, 0.1) is 3.57 Å². The highest BCUT2D eigenvalue weighted by Gasteiger charge is 2.23. The summed E-state index contributed by atoms with van der Waals surface area (Å²) in [4.78, 5) is 2.53. The normalized spacial score (nSPS) is 21.6. The molecule has 1 aromatic rings. The fourth-order valence-electron chi connectivity index (χ4n) is 2.19. The van der Waals surface area contributed by atoms with Gasteiger partial charge < -0.3 is 5.32 Å². The number of hydrogen-bond acceptors (Lipinski definition) is 2. The molecule has 0 bridgehead atoms. The van der Waals surface area contributed by atoms with Gasteiger partial charge in [-0.15, -0.1) is 0 Å². The first-order chi connectivity index (χ1) is 7.65. The third kappa shape index (κ3) is 3.10. The van der Waals surface area contributed by atoms with Crippen molar-refractivity contribution < 1.29 is 0 Å². The van der Waals surface area contributed by atoms with Crippen LogP contribution in [0.3, 0.4) is 0 Å². The summed E-state index contributed by atoms with van der Waals surface area (Å²) in [6.07, 6.45) is 1.25. The zero-order valence-corrected chi connectivity index (χ0v) is 12.1. The van der Waals surface area contributed by atoms with Gasteiger partial charge in [-0.3, -0.25) is 4.90 Å². The van der Waals surface area contributed by atoms with E-state index in [-0.39, 0.29) is 0 Å². The first-order valence-corrected chi connectivity index (χ1v) is 6.99. The molecule has 0 aromatic heterocycles. The van der Waals surface area contributed by atoms with E-state index in [4.69, 9.17) is 0 Å². The smallest absolute Gasteiger partial charge is 0.0400 e. The average molecular weight is 330 g/mol. The van der Waals surface area contributed by atoms with E-state index in [9.17, 15) is 0 Å². The van der Waals surface area contributed by atoms with E-state index < -0.39 is 0 Å². The quantitative estimate of drug-likeness (QED) is 0.857. The van der Waals surface area contributed by atoms with E-state index in [1.165, 1.54) is 28.8 Å². The summed E-state index contributed by atoms with van der Waals surface area (Å²) in [5, 5.41) is 3.62. The van der Waals surface area contributed by atoms with E-state index >= 15 is 0 Å². The summed E-state index contributed by atoms with van der Waals surface area (Å²) in [6.45, 7) is 6.93. The molecule has 1 atom stereocenters. The molecule has 1 aliphatic heterocycles. The van der Waals surface area contributed by atoms with Gasteiger partial charge >= 0.3 is 0 Å². The van der Waals surface area contributed by atoms with Gasteiger partial charge in [-0.25, -0.2) is 0 Å². The molecule has 0 saturated carbocycles. The molecule has 1 aromatic carbocycles. The number of rotatable bonds is 3. The second-order valence-electron chi connectivity index (χ2n) is 4.73. The van der Waals surface area contributed by atoms with Gasteiger partial charge in [-0.1, -0.05) is 6.07 Å². The minimum absolute atomic E-state index is 0.612. The van der Waals surface area contributed by atoms with Crippen LogP contribution in [0.15, 0.2) is 24.3 Å². The molecule has 0 radical (unpaired) electrons. The molecule has 3 heteroatoms. The molecule has 0 amide bonds. The van der Waals surface area contributed by atoms with Crippen molar-refractivity contribution in [2.24, 2.45) is 0 Å². The van der Waals surface area contributed by atoms with Gasteiger partial charge in [0.1, 0.15) is 0 Å². The third-order valence-electron chi connectivity index (χ3n) is 3.15. The zero-order chi connectivity index (χ0) is 11.5. The lowest BCUT2D eigenvalue weighted by Crippen LogP contribution is -2.31. The molecular weight excluding hydrogens is 311 g/mol. The van der Waals surface area contributed by atoms with Crippen LogP contribution in [-0.2, 0) is 0 Å². The highest BCUT2D eigenvalue weighted by Crippen LogP contribution is 2.19. The van der Waals surface area contributed by atoms with Crippen molar-refractivity contribution in [1.82, 2.24) is 4.90 Å². The lowest BCUT2D eigenvalue weighted by Gasteiger charge is -2.20. The molecule has 16 heavy (non-hydrogen) atoms. The maximum absolute atomic E-state index is 3.62. The highest BCUT2D eigenvalue weighted by molar-refractivity contribution is 14.1. The Morgan fingerprint density at radius 3 is 2.88 bits per heavy atom. The Labute approximate surface area is 112 Å². The maximum Gasteiger partial charge on any atom is 0.0400 e. The van der Waals surface area contributed by atoms with Crippen LogP contribution < -0.4 is 5.32 Å². The Kier molecular flexibility index (Phi) is 4.08. The summed E-state index contributed by atoms with van der Waals surface area (Å²) in [5.74, 6) is 0. The number of benzene rings is 1. The molecule has 1 N–H and O–H groups in total. The standard InChI is InChI=1S/C13H19IN2/c1-10(2)16-7-6-13(9-16)15-12-5-3-4-11(14)8-12/h3-5,8,10,13,15H,6-7,9H2,1-2H3. The number of nitrogens with one attached hydrogen (secondary N) is 1. The van der Waals surface area contributed by atoms with Gasteiger partial charge in [0.05, 0.1) is 0 Å². The minimum Gasteiger partial charge on any atom is -0.381 e. The van der Waals surface area contributed by atoms with Crippen LogP contribution in [0.4, 0.5) is 5.69 Å². The largest absolute Gasteiger partial charge is 0.381 e. The second-order valence-corrected chi connectivity index (χ2v) is 5.97. The van der Waals surface area contributed by atoms with Crippen LogP contribution in [0.5, 0.6) is 0 Å². The number of likely N-dealkylation sites (tertiary alicyclic amines) is 1. The van der Waals surface area contributed by atoms with Crippen molar-refractivity contribution in [1.29, 1.82) is 0 Å². The van der Waals surface area contributed by atoms with Gasteiger partial charge in [-0.05, 0) is 61.1 Å². The van der Waals surface area contributed by atoms with E-state index in [0.717, 1.165) is 0 Å². The van der Waals surface area contributed by atoms with Gasteiger partial charge in [0.15, 0.2) is 0 Å². The molecule has 1 unspecified atom stereocenters. The Morgan fingerprint density at radius 1 is 1.44 bits per heavy atom. The van der Waals surface area contributed by atoms with E-state index in [1.54, 1.807) is 0 Å². The maximum atomic E-state index is 3.62. The van der Waals surface area contributed by atoms with Crippen molar-refractivity contribution in [2.75, 3.05) is 18.4 Å². The van der Waals surface area contributed by atoms with Gasteiger partial charge in [-0.2, -0.15) is 0 Å². The van der Waals surface area contributed by atoms with E-state index in [2.05, 4.69) is 70.9 Å². The minimum atomic E-state index is 0.612. The summed E-state index contributed by atoms with van der Waals surface area (Å²) in [5.41, 5.74) is 1.25. The molecule has 1 heterocycles. The fourth-order valence-corrected chi connectivity index (χ4v) is 2.73. The monoisotopic (exact) mass is 330 g/mol. The molecule has 0 aliphatic carbocycles. The summed E-state index contributed by atoms with van der Waals surface area (Å²) >= 11 is 2.36. The highest BCUT2D eigenvalue weighted by atomic mass is 127. The summed E-state index contributed by atoms with van der Waals surface area (Å²) in [7, 11) is 0. The number of halogens is 1. The van der Waals surface area contributed by atoms with Crippen molar-refractivity contribution in [3.8, 4) is 0 Å². The van der Waals surface area contributed by atoms with Gasteiger partial charge in [0.25, 0.3) is 0 Å². The van der Waals surface area contributed by atoms with Crippen molar-refractivity contribution in [3.05, 3.63) is 27.8 Å². The summed E-state index contributed by atoms with van der Waals surface area (Å²) in [6, 6.07) is 9.88. The van der Waals surface area contributed by atoms with Crippen LogP contribution >= 0.6 is 22.6 Å². The van der Waals surface area contributed by atoms with Crippen LogP contribution in [-0.4, -0.2) is 30.1 Å². The predicted octanol–water partition coefficient (Wildman–Crippen LogP) is 3.19. The SMILES string of the molecule is CC(C)N1CCC(Nc2cccc(I)c2)C1. The fraction of sp³-hybridized carbons (Fsp3) is 0.538.